The number of benzene rings is 2. The Morgan fingerprint density at radius 2 is 2.09 bits per heavy atom. The molecule has 7 nitrogen and oxygen atoms in total. The maximum Gasteiger partial charge on any atom is 0.234 e. The molecule has 8 heteroatoms. The molecular weight excluding hydrogens is 504 g/mol. The summed E-state index contributed by atoms with van der Waals surface area (Å²) in [7, 11) is 0. The number of carbonyl (C=O) groups is 1. The lowest BCUT2D eigenvalue weighted by molar-refractivity contribution is -0.119. The van der Waals surface area contributed by atoms with E-state index in [0.717, 1.165) is 40.1 Å². The van der Waals surface area contributed by atoms with Crippen LogP contribution < -0.4 is 21.3 Å². The SMILES string of the molecule is Cc1cc(C2CCCNC2)ccc1Nc1ncc(Br)c(NCc2cccc3c2C(C)(C)C(=O)N3)n1. The molecule has 1 atom stereocenters. The molecule has 5 rings (SSSR count). The van der Waals surface area contributed by atoms with Crippen molar-refractivity contribution in [1.82, 2.24) is 15.3 Å². The van der Waals surface area contributed by atoms with Crippen molar-refractivity contribution in [2.45, 2.75) is 51.5 Å². The van der Waals surface area contributed by atoms with E-state index < -0.39 is 5.41 Å². The highest BCUT2D eigenvalue weighted by Crippen LogP contribution is 2.40. The number of nitrogens with zero attached hydrogens (tertiary/aromatic N) is 2. The number of fused-ring (bicyclic) bond motifs is 1. The van der Waals surface area contributed by atoms with Crippen LogP contribution in [0.3, 0.4) is 0 Å². The number of carbonyl (C=O) groups excluding carboxylic acids is 1. The van der Waals surface area contributed by atoms with Gasteiger partial charge in [0, 0.05) is 30.7 Å². The fourth-order valence-electron chi connectivity index (χ4n) is 5.05. The summed E-state index contributed by atoms with van der Waals surface area (Å²) in [6, 6.07) is 12.6. The number of hydrogen-bond acceptors (Lipinski definition) is 6. The van der Waals surface area contributed by atoms with E-state index in [1.165, 1.54) is 24.0 Å². The number of piperidine rings is 1. The van der Waals surface area contributed by atoms with Crippen molar-refractivity contribution >= 4 is 45.0 Å². The minimum Gasteiger partial charge on any atom is -0.365 e. The molecule has 2 aliphatic rings. The average Bonchev–Trinajstić information content (AvgIpc) is 3.09. The Morgan fingerprint density at radius 3 is 2.86 bits per heavy atom. The summed E-state index contributed by atoms with van der Waals surface area (Å²) in [5.74, 6) is 1.82. The third-order valence-electron chi connectivity index (χ3n) is 7.05. The highest BCUT2D eigenvalue weighted by Gasteiger charge is 2.39. The highest BCUT2D eigenvalue weighted by atomic mass is 79.9. The lowest BCUT2D eigenvalue weighted by Gasteiger charge is -2.24. The number of aromatic nitrogens is 2. The van der Waals surface area contributed by atoms with E-state index in [4.69, 9.17) is 4.98 Å². The maximum atomic E-state index is 12.4. The minimum absolute atomic E-state index is 0.0239. The first kappa shape index (κ1) is 23.8. The van der Waals surface area contributed by atoms with Gasteiger partial charge in [-0.2, -0.15) is 4.98 Å². The van der Waals surface area contributed by atoms with E-state index >= 15 is 0 Å². The highest BCUT2D eigenvalue weighted by molar-refractivity contribution is 9.10. The number of hydrogen-bond donors (Lipinski definition) is 4. The van der Waals surface area contributed by atoms with Crippen molar-refractivity contribution in [2.75, 3.05) is 29.0 Å². The van der Waals surface area contributed by atoms with E-state index in [0.29, 0.717) is 24.2 Å². The van der Waals surface area contributed by atoms with Crippen molar-refractivity contribution in [3.8, 4) is 0 Å². The summed E-state index contributed by atoms with van der Waals surface area (Å²) in [5, 5.41) is 13.3. The van der Waals surface area contributed by atoms with Gasteiger partial charge in [0.15, 0.2) is 0 Å². The van der Waals surface area contributed by atoms with Crippen LogP contribution in [-0.2, 0) is 16.8 Å². The molecule has 1 amide bonds. The van der Waals surface area contributed by atoms with E-state index in [1.807, 2.05) is 26.0 Å². The lowest BCUT2D eigenvalue weighted by Crippen LogP contribution is -2.28. The van der Waals surface area contributed by atoms with E-state index in [2.05, 4.69) is 73.4 Å². The summed E-state index contributed by atoms with van der Waals surface area (Å²) in [5.41, 5.74) is 5.96. The van der Waals surface area contributed by atoms with Crippen molar-refractivity contribution in [3.05, 3.63) is 69.3 Å². The molecule has 1 fully saturated rings. The molecule has 0 aliphatic carbocycles. The Labute approximate surface area is 214 Å². The van der Waals surface area contributed by atoms with Crippen LogP contribution in [0.5, 0.6) is 0 Å². The van der Waals surface area contributed by atoms with Gasteiger partial charge in [-0.3, -0.25) is 4.79 Å². The molecule has 3 aromatic rings. The van der Waals surface area contributed by atoms with Gasteiger partial charge < -0.3 is 21.3 Å². The monoisotopic (exact) mass is 534 g/mol. The van der Waals surface area contributed by atoms with Crippen LogP contribution in [0.2, 0.25) is 0 Å². The first-order valence-electron chi connectivity index (χ1n) is 12.1. The molecule has 3 heterocycles. The summed E-state index contributed by atoms with van der Waals surface area (Å²) >= 11 is 3.56. The fourth-order valence-corrected chi connectivity index (χ4v) is 5.38. The van der Waals surface area contributed by atoms with Crippen LogP contribution in [0, 0.1) is 6.92 Å². The third kappa shape index (κ3) is 4.77. The number of nitrogens with one attached hydrogen (secondary N) is 4. The Balaban J connectivity index is 1.32. The van der Waals surface area contributed by atoms with Crippen LogP contribution in [0.25, 0.3) is 0 Å². The second-order valence-electron chi connectivity index (χ2n) is 9.91. The molecule has 1 aromatic heterocycles. The number of rotatable bonds is 6. The van der Waals surface area contributed by atoms with E-state index in [9.17, 15) is 4.79 Å². The molecule has 4 N–H and O–H groups in total. The van der Waals surface area contributed by atoms with Crippen molar-refractivity contribution in [2.24, 2.45) is 0 Å². The molecular formula is C27H31BrN6O. The molecule has 35 heavy (non-hydrogen) atoms. The largest absolute Gasteiger partial charge is 0.365 e. The van der Waals surface area contributed by atoms with Crippen molar-refractivity contribution in [1.29, 1.82) is 0 Å². The maximum absolute atomic E-state index is 12.4. The van der Waals surface area contributed by atoms with Gasteiger partial charge in [0.2, 0.25) is 11.9 Å². The topological polar surface area (TPSA) is 91.0 Å². The van der Waals surface area contributed by atoms with E-state index in [-0.39, 0.29) is 5.91 Å². The lowest BCUT2D eigenvalue weighted by atomic mass is 9.83. The van der Waals surface area contributed by atoms with Gasteiger partial charge in [0.05, 0.1) is 9.89 Å². The van der Waals surface area contributed by atoms with Crippen LogP contribution in [0.1, 0.15) is 54.9 Å². The summed E-state index contributed by atoms with van der Waals surface area (Å²) in [6.45, 7) is 8.74. The van der Waals surface area contributed by atoms with Gasteiger partial charge in [-0.25, -0.2) is 4.98 Å². The van der Waals surface area contributed by atoms with Crippen molar-refractivity contribution in [3.63, 3.8) is 0 Å². The predicted molar refractivity (Wildman–Crippen MR) is 144 cm³/mol. The zero-order chi connectivity index (χ0) is 24.6. The second-order valence-corrected chi connectivity index (χ2v) is 10.8. The molecule has 0 radical (unpaired) electrons. The van der Waals surface area contributed by atoms with Crippen LogP contribution in [-0.4, -0.2) is 29.0 Å². The molecule has 182 valence electrons. The third-order valence-corrected chi connectivity index (χ3v) is 7.63. The molecule has 0 saturated carbocycles. The van der Waals surface area contributed by atoms with Crippen LogP contribution >= 0.6 is 15.9 Å². The standard InChI is InChI=1S/C27H31BrN6O/c1-16-12-17(18-7-5-11-29-13-18)9-10-21(16)33-26-31-15-20(28)24(34-26)30-14-19-6-4-8-22-23(19)27(2,3)25(35)32-22/h4,6,8-10,12,15,18,29H,5,7,11,13-14H2,1-3H3,(H,32,35)(H2,30,31,33,34). The zero-order valence-electron chi connectivity index (χ0n) is 20.3. The Morgan fingerprint density at radius 1 is 1.23 bits per heavy atom. The number of halogens is 1. The molecule has 2 aliphatic heterocycles. The Bertz CT molecular complexity index is 1270. The average molecular weight is 535 g/mol. The number of aryl methyl sites for hydroxylation is 1. The molecule has 0 bridgehead atoms. The van der Waals surface area contributed by atoms with Gasteiger partial charge >= 0.3 is 0 Å². The van der Waals surface area contributed by atoms with Crippen molar-refractivity contribution < 1.29 is 4.79 Å². The molecule has 0 spiro atoms. The Hall–Kier alpha value is -2.97. The first-order valence-corrected chi connectivity index (χ1v) is 12.9. The summed E-state index contributed by atoms with van der Waals surface area (Å²) in [4.78, 5) is 21.6. The van der Waals surface area contributed by atoms with Gasteiger partial charge in [-0.15, -0.1) is 0 Å². The zero-order valence-corrected chi connectivity index (χ0v) is 21.9. The minimum atomic E-state index is -0.569. The smallest absolute Gasteiger partial charge is 0.234 e. The second kappa shape index (κ2) is 9.59. The van der Waals surface area contributed by atoms with Gasteiger partial charge in [0.25, 0.3) is 0 Å². The number of anilines is 4. The summed E-state index contributed by atoms with van der Waals surface area (Å²) < 4.78 is 0.779. The quantitative estimate of drug-likeness (QED) is 0.329. The summed E-state index contributed by atoms with van der Waals surface area (Å²) in [6.07, 6.45) is 4.21. The van der Waals surface area contributed by atoms with Crippen LogP contribution in [0.4, 0.5) is 23.1 Å². The normalized spacial score (nSPS) is 18.6. The molecule has 1 saturated heterocycles. The molecule has 2 aromatic carbocycles. The number of amides is 1. The van der Waals surface area contributed by atoms with Gasteiger partial charge in [0.1, 0.15) is 5.82 Å². The Kier molecular flexibility index (Phi) is 6.51. The van der Waals surface area contributed by atoms with Gasteiger partial charge in [-0.05, 0) is 96.4 Å². The van der Waals surface area contributed by atoms with E-state index in [1.54, 1.807) is 6.20 Å². The molecule has 1 unspecified atom stereocenters. The first-order chi connectivity index (χ1) is 16.8. The predicted octanol–water partition coefficient (Wildman–Crippen LogP) is 5.60. The van der Waals surface area contributed by atoms with Gasteiger partial charge in [-0.1, -0.05) is 24.3 Å². The fraction of sp³-hybridized carbons (Fsp3) is 0.370. The van der Waals surface area contributed by atoms with Crippen LogP contribution in [0.15, 0.2) is 47.1 Å².